The lowest BCUT2D eigenvalue weighted by molar-refractivity contribution is -0.384. The van der Waals surface area contributed by atoms with E-state index in [0.29, 0.717) is 0 Å². The van der Waals surface area contributed by atoms with E-state index in [0.717, 1.165) is 33.4 Å². The first-order valence-electron chi connectivity index (χ1n) is 7.51. The molecule has 4 aromatic rings. The highest BCUT2D eigenvalue weighted by Crippen LogP contribution is 2.33. The van der Waals surface area contributed by atoms with Crippen LogP contribution in [-0.4, -0.2) is 14.9 Å². The summed E-state index contributed by atoms with van der Waals surface area (Å²) in [6, 6.07) is 20.4. The van der Waals surface area contributed by atoms with E-state index in [-0.39, 0.29) is 10.6 Å². The molecule has 0 unspecified atom stereocenters. The molecule has 5 nitrogen and oxygen atoms in total. The van der Waals surface area contributed by atoms with Crippen LogP contribution in [0.3, 0.4) is 0 Å². The number of nitrogens with zero attached hydrogens (tertiary/aromatic N) is 2. The molecule has 0 aliphatic carbocycles. The van der Waals surface area contributed by atoms with E-state index in [1.165, 1.54) is 6.07 Å². The third-order valence-corrected chi connectivity index (χ3v) is 3.96. The molecule has 0 bridgehead atoms. The van der Waals surface area contributed by atoms with Crippen LogP contribution in [0.2, 0.25) is 0 Å². The predicted molar refractivity (Wildman–Crippen MR) is 93.6 cm³/mol. The number of aromatic nitrogens is 2. The van der Waals surface area contributed by atoms with Crippen LogP contribution in [-0.2, 0) is 0 Å². The zero-order valence-corrected chi connectivity index (χ0v) is 12.6. The maximum atomic E-state index is 11.1. The molecular weight excluding hydrogens is 302 g/mol. The largest absolute Gasteiger partial charge is 0.360 e. The molecule has 5 heteroatoms. The average molecular weight is 315 g/mol. The van der Waals surface area contributed by atoms with Crippen LogP contribution in [0.25, 0.3) is 33.4 Å². The first-order valence-corrected chi connectivity index (χ1v) is 7.51. The Labute approximate surface area is 137 Å². The molecule has 2 heterocycles. The first kappa shape index (κ1) is 14.1. The van der Waals surface area contributed by atoms with Crippen molar-refractivity contribution in [2.45, 2.75) is 0 Å². The van der Waals surface area contributed by atoms with Crippen molar-refractivity contribution in [1.82, 2.24) is 9.97 Å². The minimum absolute atomic E-state index is 0.0640. The Bertz CT molecular complexity index is 1030. The molecule has 116 valence electrons. The Morgan fingerprint density at radius 1 is 0.958 bits per heavy atom. The summed E-state index contributed by atoms with van der Waals surface area (Å²) in [5, 5.41) is 11.9. The second-order valence-electron chi connectivity index (χ2n) is 5.46. The van der Waals surface area contributed by atoms with Crippen molar-refractivity contribution in [1.29, 1.82) is 0 Å². The highest BCUT2D eigenvalue weighted by molar-refractivity contribution is 5.97. The number of nitro benzene ring substituents is 1. The summed E-state index contributed by atoms with van der Waals surface area (Å²) in [7, 11) is 0. The SMILES string of the molecule is O=[N+]([O-])c1ccc2nc(-c3ccc[nH]3)cc(-c3ccccc3)c2c1. The third kappa shape index (κ3) is 2.42. The van der Waals surface area contributed by atoms with E-state index in [9.17, 15) is 10.1 Å². The van der Waals surface area contributed by atoms with Gasteiger partial charge in [-0.3, -0.25) is 10.1 Å². The number of aromatic amines is 1. The van der Waals surface area contributed by atoms with E-state index >= 15 is 0 Å². The van der Waals surface area contributed by atoms with Crippen LogP contribution in [0.4, 0.5) is 5.69 Å². The highest BCUT2D eigenvalue weighted by Gasteiger charge is 2.13. The molecule has 0 radical (unpaired) electrons. The summed E-state index contributed by atoms with van der Waals surface area (Å²) in [6.07, 6.45) is 1.85. The lowest BCUT2D eigenvalue weighted by Crippen LogP contribution is -1.93. The van der Waals surface area contributed by atoms with Crippen LogP contribution < -0.4 is 0 Å². The molecule has 0 saturated heterocycles. The maximum Gasteiger partial charge on any atom is 0.270 e. The maximum absolute atomic E-state index is 11.1. The monoisotopic (exact) mass is 315 g/mol. The number of nitro groups is 1. The lowest BCUT2D eigenvalue weighted by Gasteiger charge is -2.09. The van der Waals surface area contributed by atoms with E-state index in [2.05, 4.69) is 9.97 Å². The Morgan fingerprint density at radius 2 is 1.79 bits per heavy atom. The molecule has 0 atom stereocenters. The van der Waals surface area contributed by atoms with Crippen LogP contribution >= 0.6 is 0 Å². The summed E-state index contributed by atoms with van der Waals surface area (Å²) in [4.78, 5) is 18.6. The number of hydrogen-bond acceptors (Lipinski definition) is 3. The van der Waals surface area contributed by atoms with Crippen LogP contribution in [0.15, 0.2) is 72.9 Å². The zero-order valence-electron chi connectivity index (χ0n) is 12.6. The van der Waals surface area contributed by atoms with Gasteiger partial charge < -0.3 is 4.98 Å². The summed E-state index contributed by atoms with van der Waals surface area (Å²) >= 11 is 0. The normalized spacial score (nSPS) is 10.8. The number of H-pyrrole nitrogens is 1. The second-order valence-corrected chi connectivity index (χ2v) is 5.46. The van der Waals surface area contributed by atoms with Crippen molar-refractivity contribution in [3.63, 3.8) is 0 Å². The van der Waals surface area contributed by atoms with Gasteiger partial charge >= 0.3 is 0 Å². The molecular formula is C19H13N3O2. The fourth-order valence-corrected chi connectivity index (χ4v) is 2.81. The first-order chi connectivity index (χ1) is 11.7. The second kappa shape index (κ2) is 5.62. The molecule has 0 spiro atoms. The average Bonchev–Trinajstić information content (AvgIpc) is 3.15. The highest BCUT2D eigenvalue weighted by atomic mass is 16.6. The predicted octanol–water partition coefficient (Wildman–Crippen LogP) is 4.81. The van der Waals surface area contributed by atoms with Gasteiger partial charge in [-0.1, -0.05) is 30.3 Å². The number of benzene rings is 2. The molecule has 24 heavy (non-hydrogen) atoms. The Kier molecular flexibility index (Phi) is 3.31. The van der Waals surface area contributed by atoms with Crippen molar-refractivity contribution < 1.29 is 4.92 Å². The molecule has 0 amide bonds. The van der Waals surface area contributed by atoms with Gasteiger partial charge in [0.2, 0.25) is 0 Å². The number of hydrogen-bond donors (Lipinski definition) is 1. The van der Waals surface area contributed by atoms with Crippen molar-refractivity contribution in [2.24, 2.45) is 0 Å². The van der Waals surface area contributed by atoms with Crippen molar-refractivity contribution >= 4 is 16.6 Å². The summed E-state index contributed by atoms with van der Waals surface area (Å²) in [5.41, 5.74) is 4.43. The topological polar surface area (TPSA) is 71.8 Å². The van der Waals surface area contributed by atoms with E-state index in [4.69, 9.17) is 0 Å². The van der Waals surface area contributed by atoms with Crippen molar-refractivity contribution in [3.8, 4) is 22.5 Å². The van der Waals surface area contributed by atoms with Gasteiger partial charge in [0.15, 0.2) is 0 Å². The molecule has 0 saturated carbocycles. The van der Waals surface area contributed by atoms with Gasteiger partial charge in [0.05, 0.1) is 21.8 Å². The van der Waals surface area contributed by atoms with E-state index in [1.807, 2.05) is 54.7 Å². The molecule has 1 N–H and O–H groups in total. The summed E-state index contributed by atoms with van der Waals surface area (Å²) in [6.45, 7) is 0. The standard InChI is InChI=1S/C19H13N3O2/c23-22(24)14-8-9-17-16(11-14)15(13-5-2-1-3-6-13)12-19(21-17)18-7-4-10-20-18/h1-12,20H. The minimum Gasteiger partial charge on any atom is -0.360 e. The van der Waals surface area contributed by atoms with Crippen LogP contribution in [0.1, 0.15) is 0 Å². The molecule has 0 aliphatic rings. The zero-order chi connectivity index (χ0) is 16.5. The number of fused-ring (bicyclic) bond motifs is 1. The molecule has 2 aromatic heterocycles. The van der Waals surface area contributed by atoms with Gasteiger partial charge in [-0.2, -0.15) is 0 Å². The Balaban J connectivity index is 2.04. The van der Waals surface area contributed by atoms with Gasteiger partial charge in [0, 0.05) is 23.7 Å². The molecule has 0 fully saturated rings. The van der Waals surface area contributed by atoms with Crippen LogP contribution in [0, 0.1) is 10.1 Å². The van der Waals surface area contributed by atoms with Crippen molar-refractivity contribution in [3.05, 3.63) is 83.0 Å². The fraction of sp³-hybridized carbons (Fsp3) is 0. The van der Waals surface area contributed by atoms with Crippen LogP contribution in [0.5, 0.6) is 0 Å². The van der Waals surface area contributed by atoms with Gasteiger partial charge in [0.25, 0.3) is 5.69 Å². The number of rotatable bonds is 3. The molecule has 2 aromatic carbocycles. The lowest BCUT2D eigenvalue weighted by atomic mass is 9.99. The Morgan fingerprint density at radius 3 is 2.50 bits per heavy atom. The number of pyridine rings is 1. The summed E-state index contributed by atoms with van der Waals surface area (Å²) in [5.74, 6) is 0. The number of non-ortho nitro benzene ring substituents is 1. The summed E-state index contributed by atoms with van der Waals surface area (Å²) < 4.78 is 0. The van der Waals surface area contributed by atoms with Gasteiger partial charge in [-0.15, -0.1) is 0 Å². The molecule has 4 rings (SSSR count). The van der Waals surface area contributed by atoms with Gasteiger partial charge in [-0.25, -0.2) is 4.98 Å². The minimum atomic E-state index is -0.382. The Hall–Kier alpha value is -3.47. The fourth-order valence-electron chi connectivity index (χ4n) is 2.81. The third-order valence-electron chi connectivity index (χ3n) is 3.96. The van der Waals surface area contributed by atoms with Gasteiger partial charge in [-0.05, 0) is 35.4 Å². The number of nitrogens with one attached hydrogen (secondary N) is 1. The quantitative estimate of drug-likeness (QED) is 0.436. The van der Waals surface area contributed by atoms with Crippen molar-refractivity contribution in [2.75, 3.05) is 0 Å². The molecule has 0 aliphatic heterocycles. The van der Waals surface area contributed by atoms with E-state index in [1.54, 1.807) is 12.1 Å². The smallest absolute Gasteiger partial charge is 0.270 e. The van der Waals surface area contributed by atoms with E-state index < -0.39 is 0 Å². The van der Waals surface area contributed by atoms with Gasteiger partial charge in [0.1, 0.15) is 0 Å².